The summed E-state index contributed by atoms with van der Waals surface area (Å²) in [4.78, 5) is 0. The Morgan fingerprint density at radius 1 is 0.625 bits per heavy atom. The fourth-order valence-corrected chi connectivity index (χ4v) is 6.04. The molecule has 0 aromatic heterocycles. The smallest absolute Gasteiger partial charge is 0.0509 e. The summed E-state index contributed by atoms with van der Waals surface area (Å²) in [6.45, 7) is 0. The fourth-order valence-electron chi connectivity index (χ4n) is 6.04. The molecule has 5 rings (SSSR count). The van der Waals surface area contributed by atoms with Crippen molar-refractivity contribution >= 4 is 0 Å². The third-order valence-electron chi connectivity index (χ3n) is 7.21. The van der Waals surface area contributed by atoms with E-state index in [-0.39, 0.29) is 0 Å². The number of hydrogen-bond donors (Lipinski definition) is 0. The average Bonchev–Trinajstić information content (AvgIpc) is 3.26. The molecule has 0 amide bonds. The van der Waals surface area contributed by atoms with E-state index in [1.165, 1.54) is 77.0 Å². The summed E-state index contributed by atoms with van der Waals surface area (Å²) in [5.74, 6) is 1.60. The van der Waals surface area contributed by atoms with E-state index >= 15 is 0 Å². The lowest BCUT2D eigenvalue weighted by atomic mass is 9.70. The number of hydrogen-bond acceptors (Lipinski definition) is 0. The van der Waals surface area contributed by atoms with Crippen molar-refractivity contribution in [3.63, 3.8) is 0 Å². The summed E-state index contributed by atoms with van der Waals surface area (Å²) in [6.07, 6.45) is 16.7. The summed E-state index contributed by atoms with van der Waals surface area (Å²) >= 11 is 0. The maximum Gasteiger partial charge on any atom is -0.0509 e. The van der Waals surface area contributed by atoms with E-state index in [4.69, 9.17) is 0 Å². The normalized spacial score (nSPS) is 26.8. The zero-order valence-corrected chi connectivity index (χ0v) is 14.9. The quantitative estimate of drug-likeness (QED) is 0.568. The summed E-state index contributed by atoms with van der Waals surface area (Å²) in [5, 5.41) is 0. The van der Waals surface area contributed by atoms with Crippen molar-refractivity contribution in [2.45, 2.75) is 88.9 Å². The zero-order chi connectivity index (χ0) is 15.9. The van der Waals surface area contributed by atoms with Crippen molar-refractivity contribution in [2.24, 2.45) is 0 Å². The van der Waals surface area contributed by atoms with Crippen LogP contribution < -0.4 is 0 Å². The number of fused-ring (bicyclic) bond motifs is 2. The maximum absolute atomic E-state index is 2.52. The minimum Gasteiger partial charge on any atom is -0.210 e. The van der Waals surface area contributed by atoms with Gasteiger partial charge in [-0.1, -0.05) is 88.9 Å². The summed E-state index contributed by atoms with van der Waals surface area (Å²) < 4.78 is 0. The molecule has 24 heavy (non-hydrogen) atoms. The molecule has 0 bridgehead atoms. The highest BCUT2D eigenvalue weighted by atomic mass is 14.4. The van der Waals surface area contributed by atoms with Crippen molar-refractivity contribution in [3.05, 3.63) is 57.6 Å². The molecular formula is C24H30-2. The molecule has 2 unspecified atom stereocenters. The van der Waals surface area contributed by atoms with Gasteiger partial charge in [0.2, 0.25) is 0 Å². The van der Waals surface area contributed by atoms with Crippen LogP contribution in [0, 0.1) is 0 Å². The molecular weight excluding hydrogens is 288 g/mol. The lowest BCUT2D eigenvalue weighted by molar-refractivity contribution is 0.382. The van der Waals surface area contributed by atoms with Gasteiger partial charge in [0.05, 0.1) is 0 Å². The van der Waals surface area contributed by atoms with Gasteiger partial charge in [0, 0.05) is 0 Å². The second kappa shape index (κ2) is 6.21. The van der Waals surface area contributed by atoms with Crippen LogP contribution >= 0.6 is 0 Å². The van der Waals surface area contributed by atoms with Gasteiger partial charge >= 0.3 is 0 Å². The maximum atomic E-state index is 2.52. The van der Waals surface area contributed by atoms with Gasteiger partial charge in [-0.05, 0) is 0 Å². The molecule has 128 valence electrons. The molecule has 0 heteroatoms. The first kappa shape index (κ1) is 15.0. The largest absolute Gasteiger partial charge is 0.210 e. The second-order valence-corrected chi connectivity index (χ2v) is 8.50. The third-order valence-corrected chi connectivity index (χ3v) is 7.21. The molecule has 0 heterocycles. The predicted molar refractivity (Wildman–Crippen MR) is 101 cm³/mol. The highest BCUT2D eigenvalue weighted by Crippen LogP contribution is 2.48. The Bertz CT molecular complexity index is 648. The molecule has 3 aliphatic carbocycles. The Morgan fingerprint density at radius 2 is 1.12 bits per heavy atom. The van der Waals surface area contributed by atoms with E-state index < -0.39 is 0 Å². The summed E-state index contributed by atoms with van der Waals surface area (Å²) in [5.41, 5.74) is 10.4. The molecule has 2 atom stereocenters. The van der Waals surface area contributed by atoms with Crippen LogP contribution in [0.25, 0.3) is 0 Å². The molecule has 0 radical (unpaired) electrons. The van der Waals surface area contributed by atoms with Gasteiger partial charge in [-0.3, -0.25) is 0 Å². The van der Waals surface area contributed by atoms with Crippen LogP contribution in [0.3, 0.4) is 0 Å². The van der Waals surface area contributed by atoms with Crippen molar-refractivity contribution < 1.29 is 0 Å². The van der Waals surface area contributed by atoms with E-state index in [1.54, 1.807) is 33.4 Å². The van der Waals surface area contributed by atoms with Crippen molar-refractivity contribution in [3.8, 4) is 0 Å². The van der Waals surface area contributed by atoms with E-state index in [0.29, 0.717) is 0 Å². The van der Waals surface area contributed by atoms with Crippen LogP contribution in [-0.2, 0) is 25.7 Å². The van der Waals surface area contributed by atoms with Gasteiger partial charge in [-0.15, -0.1) is 0 Å². The first-order valence-electron chi connectivity index (χ1n) is 10.5. The highest BCUT2D eigenvalue weighted by molar-refractivity contribution is 5.47. The minimum absolute atomic E-state index is 0.800. The number of aryl methyl sites for hydroxylation is 2. The van der Waals surface area contributed by atoms with E-state index in [0.717, 1.165) is 11.8 Å². The van der Waals surface area contributed by atoms with Crippen molar-refractivity contribution in [1.29, 1.82) is 0 Å². The van der Waals surface area contributed by atoms with E-state index in [2.05, 4.69) is 24.3 Å². The molecule has 0 saturated heterocycles. The van der Waals surface area contributed by atoms with Gasteiger partial charge in [0.15, 0.2) is 0 Å². The average molecular weight is 319 g/mol. The lowest BCUT2D eigenvalue weighted by Gasteiger charge is -2.41. The fraction of sp³-hybridized carbons (Fsp3) is 0.583. The molecule has 1 saturated carbocycles. The Kier molecular flexibility index (Phi) is 3.88. The summed E-state index contributed by atoms with van der Waals surface area (Å²) in [6, 6.07) is 9.98. The highest BCUT2D eigenvalue weighted by Gasteiger charge is 2.25. The van der Waals surface area contributed by atoms with Gasteiger partial charge < -0.3 is 0 Å². The lowest BCUT2D eigenvalue weighted by Crippen LogP contribution is -2.19. The summed E-state index contributed by atoms with van der Waals surface area (Å²) in [7, 11) is 0. The van der Waals surface area contributed by atoms with Crippen LogP contribution in [0.4, 0.5) is 0 Å². The standard InChI is InChI=1S/C24H30/c1-3-9-19-17(7-1)13-15-23(19)21-11-5-6-12-22(21)24-16-14-18-8-2-4-10-20(18)24/h13-16,21-22H,1-12H2/q-2. The van der Waals surface area contributed by atoms with E-state index in [9.17, 15) is 0 Å². The van der Waals surface area contributed by atoms with Crippen LogP contribution in [0.5, 0.6) is 0 Å². The van der Waals surface area contributed by atoms with Crippen LogP contribution in [0.1, 0.15) is 96.6 Å². The molecule has 0 N–H and O–H groups in total. The molecule has 3 aliphatic rings. The molecule has 0 nitrogen and oxygen atoms in total. The van der Waals surface area contributed by atoms with Gasteiger partial charge in [0.1, 0.15) is 0 Å². The van der Waals surface area contributed by atoms with Crippen LogP contribution in [0.2, 0.25) is 0 Å². The van der Waals surface area contributed by atoms with E-state index in [1.807, 2.05) is 0 Å². The van der Waals surface area contributed by atoms with Gasteiger partial charge in [0.25, 0.3) is 0 Å². The first-order valence-corrected chi connectivity index (χ1v) is 10.5. The third kappa shape index (κ3) is 2.41. The number of rotatable bonds is 2. The van der Waals surface area contributed by atoms with Gasteiger partial charge in [-0.25, -0.2) is 12.1 Å². The Morgan fingerprint density at radius 3 is 1.62 bits per heavy atom. The van der Waals surface area contributed by atoms with Gasteiger partial charge in [-0.2, -0.15) is 45.5 Å². The zero-order valence-electron chi connectivity index (χ0n) is 14.9. The Hall–Kier alpha value is -1.30. The second-order valence-electron chi connectivity index (χ2n) is 8.50. The molecule has 1 fully saturated rings. The minimum atomic E-state index is 0.800. The predicted octanol–water partition coefficient (Wildman–Crippen LogP) is 6.32. The Labute approximate surface area is 147 Å². The molecule has 2 aromatic carbocycles. The molecule has 0 aliphatic heterocycles. The molecule has 0 spiro atoms. The van der Waals surface area contributed by atoms with Crippen molar-refractivity contribution in [2.75, 3.05) is 0 Å². The Balaban J connectivity index is 1.52. The van der Waals surface area contributed by atoms with Crippen molar-refractivity contribution in [1.82, 2.24) is 0 Å². The van der Waals surface area contributed by atoms with Crippen LogP contribution in [-0.4, -0.2) is 0 Å². The topological polar surface area (TPSA) is 0 Å². The molecule has 2 aromatic rings. The monoisotopic (exact) mass is 318 g/mol. The van der Waals surface area contributed by atoms with Crippen LogP contribution in [0.15, 0.2) is 24.3 Å². The first-order chi connectivity index (χ1) is 11.9. The SMILES string of the molecule is c1c[c-]2c(c1C1CCCCC1c1cc[c-]3c1CCCC3)CCCC2.